The third-order valence-corrected chi connectivity index (χ3v) is 3.73. The van der Waals surface area contributed by atoms with E-state index >= 15 is 0 Å². The molecular weight excluding hydrogens is 262 g/mol. The van der Waals surface area contributed by atoms with Crippen molar-refractivity contribution in [2.75, 3.05) is 19.6 Å². The molecule has 1 fully saturated rings. The summed E-state index contributed by atoms with van der Waals surface area (Å²) in [5.74, 6) is -1.29. The molecule has 0 spiro atoms. The van der Waals surface area contributed by atoms with Crippen molar-refractivity contribution < 1.29 is 19.5 Å². The van der Waals surface area contributed by atoms with Gasteiger partial charge in [-0.25, -0.2) is 4.79 Å². The normalized spacial score (nSPS) is 19.5. The van der Waals surface area contributed by atoms with Crippen LogP contribution in [0, 0.1) is 11.3 Å². The molecule has 0 aromatic rings. The maximum absolute atomic E-state index is 12.0. The third kappa shape index (κ3) is 4.40. The van der Waals surface area contributed by atoms with E-state index in [1.807, 2.05) is 0 Å². The lowest BCUT2D eigenvalue weighted by Gasteiger charge is -2.30. The number of nitrogens with zero attached hydrogens (tertiary/aromatic N) is 1. The average molecular weight is 285 g/mol. The van der Waals surface area contributed by atoms with Crippen molar-refractivity contribution in [1.82, 2.24) is 10.2 Å². The Morgan fingerprint density at radius 2 is 2.05 bits per heavy atom. The van der Waals surface area contributed by atoms with E-state index in [9.17, 15) is 14.4 Å². The largest absolute Gasteiger partial charge is 0.481 e. The van der Waals surface area contributed by atoms with Crippen LogP contribution in [0.25, 0.3) is 0 Å². The molecule has 4 N–H and O–H groups in total. The average Bonchev–Trinajstić information content (AvgIpc) is 2.38. The molecule has 0 aromatic heterocycles. The van der Waals surface area contributed by atoms with E-state index in [-0.39, 0.29) is 11.8 Å². The summed E-state index contributed by atoms with van der Waals surface area (Å²) in [6.45, 7) is 4.48. The molecule has 1 rings (SSSR count). The van der Waals surface area contributed by atoms with E-state index in [0.717, 1.165) is 12.8 Å². The van der Waals surface area contributed by atoms with E-state index in [1.165, 1.54) is 4.90 Å². The van der Waals surface area contributed by atoms with Crippen molar-refractivity contribution in [3.63, 3.8) is 0 Å². The molecule has 1 aliphatic rings. The van der Waals surface area contributed by atoms with Crippen LogP contribution in [0.15, 0.2) is 0 Å². The van der Waals surface area contributed by atoms with E-state index in [4.69, 9.17) is 10.8 Å². The fourth-order valence-electron chi connectivity index (χ4n) is 2.14. The van der Waals surface area contributed by atoms with E-state index < -0.39 is 17.4 Å². The molecule has 0 radical (unpaired) electrons. The van der Waals surface area contributed by atoms with Crippen molar-refractivity contribution in [1.29, 1.82) is 0 Å². The molecule has 7 heteroatoms. The van der Waals surface area contributed by atoms with Crippen LogP contribution in [0.5, 0.6) is 0 Å². The smallest absolute Gasteiger partial charge is 0.314 e. The second-order valence-electron chi connectivity index (χ2n) is 5.85. The molecule has 114 valence electrons. The highest BCUT2D eigenvalue weighted by Gasteiger charge is 2.29. The number of urea groups is 1. The van der Waals surface area contributed by atoms with Gasteiger partial charge in [0.15, 0.2) is 0 Å². The number of carbonyl (C=O) groups is 3. The minimum atomic E-state index is -0.885. The number of likely N-dealkylation sites (tertiary alicyclic amines) is 1. The first-order valence-electron chi connectivity index (χ1n) is 6.79. The van der Waals surface area contributed by atoms with Crippen LogP contribution in [-0.4, -0.2) is 47.5 Å². The number of nitrogens with two attached hydrogens (primary N) is 1. The molecular formula is C13H23N3O4. The van der Waals surface area contributed by atoms with Gasteiger partial charge in [0.05, 0.1) is 11.3 Å². The van der Waals surface area contributed by atoms with Gasteiger partial charge in [0.1, 0.15) is 0 Å². The van der Waals surface area contributed by atoms with Gasteiger partial charge in [-0.1, -0.05) is 0 Å². The molecule has 7 nitrogen and oxygen atoms in total. The highest BCUT2D eigenvalue weighted by Crippen LogP contribution is 2.20. The monoisotopic (exact) mass is 285 g/mol. The molecule has 0 saturated carbocycles. The molecule has 1 atom stereocenters. The fraction of sp³-hybridized carbons (Fsp3) is 0.769. The Morgan fingerprint density at radius 1 is 1.40 bits per heavy atom. The van der Waals surface area contributed by atoms with Gasteiger partial charge in [-0.15, -0.1) is 0 Å². The van der Waals surface area contributed by atoms with E-state index in [2.05, 4.69) is 5.32 Å². The molecule has 1 saturated heterocycles. The summed E-state index contributed by atoms with van der Waals surface area (Å²) in [5.41, 5.74) is 4.35. The molecule has 0 bridgehead atoms. The predicted octanol–water partition coefficient (Wildman–Crippen LogP) is 0.394. The standard InChI is InChI=1S/C13H23N3O4/c1-13(2,11(18)19)5-6-15-10(17)9-4-3-7-16(8-9)12(14)20/h9H,3-8H2,1-2H3,(H2,14,20)(H,15,17)(H,18,19). The van der Waals surface area contributed by atoms with Crippen LogP contribution in [0.3, 0.4) is 0 Å². The fourth-order valence-corrected chi connectivity index (χ4v) is 2.14. The van der Waals surface area contributed by atoms with E-state index in [0.29, 0.717) is 26.1 Å². The highest BCUT2D eigenvalue weighted by atomic mass is 16.4. The first kappa shape index (κ1) is 16.3. The maximum Gasteiger partial charge on any atom is 0.314 e. The molecule has 3 amide bonds. The molecule has 1 aliphatic heterocycles. The summed E-state index contributed by atoms with van der Waals surface area (Å²) in [6.07, 6.45) is 1.83. The molecule has 1 heterocycles. The topological polar surface area (TPSA) is 113 Å². The minimum Gasteiger partial charge on any atom is -0.481 e. The number of aliphatic carboxylic acids is 1. The summed E-state index contributed by atoms with van der Waals surface area (Å²) in [6, 6.07) is -0.505. The van der Waals surface area contributed by atoms with Crippen LogP contribution >= 0.6 is 0 Å². The second-order valence-corrected chi connectivity index (χ2v) is 5.85. The highest BCUT2D eigenvalue weighted by molar-refractivity contribution is 5.80. The second kappa shape index (κ2) is 6.58. The van der Waals surface area contributed by atoms with Gasteiger partial charge in [-0.05, 0) is 33.1 Å². The number of hydrogen-bond acceptors (Lipinski definition) is 3. The van der Waals surface area contributed by atoms with Crippen molar-refractivity contribution in [2.24, 2.45) is 17.1 Å². The lowest BCUT2D eigenvalue weighted by atomic mass is 9.89. The van der Waals surface area contributed by atoms with Crippen molar-refractivity contribution in [3.8, 4) is 0 Å². The van der Waals surface area contributed by atoms with Gasteiger partial charge in [0, 0.05) is 19.6 Å². The van der Waals surface area contributed by atoms with Crippen LogP contribution in [0.1, 0.15) is 33.1 Å². The number of nitrogens with one attached hydrogen (secondary N) is 1. The lowest BCUT2D eigenvalue weighted by molar-refractivity contribution is -0.147. The minimum absolute atomic E-state index is 0.142. The molecule has 0 aromatic carbocycles. The van der Waals surface area contributed by atoms with Crippen LogP contribution in [-0.2, 0) is 9.59 Å². The number of piperidine rings is 1. The summed E-state index contributed by atoms with van der Waals surface area (Å²) >= 11 is 0. The van der Waals surface area contributed by atoms with E-state index in [1.54, 1.807) is 13.8 Å². The summed E-state index contributed by atoms with van der Waals surface area (Å²) < 4.78 is 0. The number of primary amides is 1. The van der Waals surface area contributed by atoms with Gasteiger partial charge >= 0.3 is 12.0 Å². The predicted molar refractivity (Wildman–Crippen MR) is 72.9 cm³/mol. The number of carboxylic acid groups (broad SMARTS) is 1. The maximum atomic E-state index is 12.0. The zero-order valence-corrected chi connectivity index (χ0v) is 12.0. The Labute approximate surface area is 118 Å². The van der Waals surface area contributed by atoms with Gasteiger partial charge in [-0.2, -0.15) is 0 Å². The Bertz CT molecular complexity index is 395. The quantitative estimate of drug-likeness (QED) is 0.678. The Balaban J connectivity index is 2.39. The number of carbonyl (C=O) groups excluding carboxylic acids is 2. The molecule has 1 unspecified atom stereocenters. The SMILES string of the molecule is CC(C)(CCNC(=O)C1CCCN(C(N)=O)C1)C(=O)O. The van der Waals surface area contributed by atoms with Gasteiger partial charge in [0.2, 0.25) is 5.91 Å². The van der Waals surface area contributed by atoms with Crippen LogP contribution in [0.4, 0.5) is 4.79 Å². The van der Waals surface area contributed by atoms with Gasteiger partial charge in [-0.3, -0.25) is 9.59 Å². The zero-order valence-electron chi connectivity index (χ0n) is 12.0. The Kier molecular flexibility index (Phi) is 5.35. The number of hydrogen-bond donors (Lipinski definition) is 3. The first-order valence-corrected chi connectivity index (χ1v) is 6.79. The van der Waals surface area contributed by atoms with Crippen molar-refractivity contribution in [3.05, 3.63) is 0 Å². The van der Waals surface area contributed by atoms with Gasteiger partial charge < -0.3 is 21.1 Å². The summed E-state index contributed by atoms with van der Waals surface area (Å²) in [7, 11) is 0. The number of amides is 3. The van der Waals surface area contributed by atoms with Crippen LogP contribution in [0.2, 0.25) is 0 Å². The summed E-state index contributed by atoms with van der Waals surface area (Å²) in [5, 5.41) is 11.7. The molecule has 0 aliphatic carbocycles. The molecule has 20 heavy (non-hydrogen) atoms. The van der Waals surface area contributed by atoms with Crippen molar-refractivity contribution >= 4 is 17.9 Å². The first-order chi connectivity index (χ1) is 9.24. The Hall–Kier alpha value is -1.79. The van der Waals surface area contributed by atoms with Gasteiger partial charge in [0.25, 0.3) is 0 Å². The van der Waals surface area contributed by atoms with Crippen molar-refractivity contribution in [2.45, 2.75) is 33.1 Å². The Morgan fingerprint density at radius 3 is 2.60 bits per heavy atom. The third-order valence-electron chi connectivity index (χ3n) is 3.73. The number of rotatable bonds is 5. The van der Waals surface area contributed by atoms with Crippen LogP contribution < -0.4 is 11.1 Å². The summed E-state index contributed by atoms with van der Waals surface area (Å²) in [4.78, 5) is 35.5. The number of carboxylic acids is 1. The zero-order chi connectivity index (χ0) is 15.3. The lowest BCUT2D eigenvalue weighted by Crippen LogP contribution is -2.47.